The highest BCUT2D eigenvalue weighted by Crippen LogP contribution is 2.29. The van der Waals surface area contributed by atoms with Gasteiger partial charge >= 0.3 is 6.36 Å². The van der Waals surface area contributed by atoms with Crippen molar-refractivity contribution in [3.8, 4) is 17.3 Å². The number of rotatable bonds is 7. The normalized spacial score (nSPS) is 14.2. The van der Waals surface area contributed by atoms with Crippen LogP contribution in [-0.4, -0.2) is 50.8 Å². The molecule has 3 aromatic rings. The van der Waals surface area contributed by atoms with Crippen molar-refractivity contribution in [1.29, 1.82) is 0 Å². The van der Waals surface area contributed by atoms with E-state index in [1.54, 1.807) is 0 Å². The first-order valence-corrected chi connectivity index (χ1v) is 10.9. The molecule has 3 N–H and O–H groups in total. The molecule has 33 heavy (non-hydrogen) atoms. The molecular weight excluding hydrogens is 496 g/mol. The van der Waals surface area contributed by atoms with Crippen molar-refractivity contribution in [2.75, 3.05) is 5.75 Å². The summed E-state index contributed by atoms with van der Waals surface area (Å²) in [7, 11) is -4.09. The van der Waals surface area contributed by atoms with E-state index in [0.29, 0.717) is 0 Å². The Balaban J connectivity index is 1.88. The second kappa shape index (κ2) is 8.81. The van der Waals surface area contributed by atoms with E-state index < -0.39 is 45.9 Å². The van der Waals surface area contributed by atoms with Crippen molar-refractivity contribution in [2.24, 2.45) is 5.14 Å². The SMILES string of the molecule is C[C@](O)(CS(N)(=O)=O)c1nc(-c2nnn(Cc3cc(OC(F)(F)F)ccc3F)n2)ccc1Cl. The molecule has 178 valence electrons. The number of hydrogen-bond donors (Lipinski definition) is 2. The Kier molecular flexibility index (Phi) is 6.61. The predicted octanol–water partition coefficient (Wildman–Crippen LogP) is 1.97. The number of aliphatic hydroxyl groups is 1. The summed E-state index contributed by atoms with van der Waals surface area (Å²) in [5.74, 6) is -2.43. The van der Waals surface area contributed by atoms with Crippen LogP contribution in [-0.2, 0) is 22.2 Å². The standard InChI is InChI=1S/C17H15ClF4N6O4S/c1-16(29,8-33(23,30)31)14-11(18)3-5-13(24-14)15-25-27-28(26-15)7-9-6-10(2-4-12(9)19)32-17(20,21)22/h2-6,29H,7-8H2,1H3,(H2,23,30,31)/t16-/m0/s1. The van der Waals surface area contributed by atoms with Crippen LogP contribution in [0.3, 0.4) is 0 Å². The Bertz CT molecular complexity index is 1280. The number of pyridine rings is 1. The summed E-state index contributed by atoms with van der Waals surface area (Å²) in [5, 5.41) is 26.9. The van der Waals surface area contributed by atoms with E-state index in [1.165, 1.54) is 12.1 Å². The monoisotopic (exact) mass is 510 g/mol. The molecule has 3 rings (SSSR count). The molecule has 0 aliphatic heterocycles. The van der Waals surface area contributed by atoms with Gasteiger partial charge in [0, 0.05) is 5.56 Å². The smallest absolute Gasteiger partial charge is 0.406 e. The van der Waals surface area contributed by atoms with E-state index in [-0.39, 0.29) is 27.8 Å². The highest BCUT2D eigenvalue weighted by atomic mass is 35.5. The zero-order chi connectivity index (χ0) is 24.6. The lowest BCUT2D eigenvalue weighted by atomic mass is 10.0. The summed E-state index contributed by atoms with van der Waals surface area (Å²) in [6.45, 7) is 0.760. The van der Waals surface area contributed by atoms with E-state index >= 15 is 0 Å². The van der Waals surface area contributed by atoms with Crippen LogP contribution < -0.4 is 9.88 Å². The number of halogens is 5. The second-order valence-corrected chi connectivity index (χ2v) is 9.07. The summed E-state index contributed by atoms with van der Waals surface area (Å²) in [4.78, 5) is 4.98. The molecule has 0 bridgehead atoms. The van der Waals surface area contributed by atoms with Gasteiger partial charge in [0.2, 0.25) is 15.8 Å². The van der Waals surface area contributed by atoms with Crippen LogP contribution in [0.1, 0.15) is 18.2 Å². The molecule has 0 aliphatic rings. The molecule has 0 spiro atoms. The molecule has 0 radical (unpaired) electrons. The van der Waals surface area contributed by atoms with Crippen molar-refractivity contribution in [3.05, 3.63) is 52.4 Å². The van der Waals surface area contributed by atoms with Gasteiger partial charge in [-0.3, -0.25) is 0 Å². The predicted molar refractivity (Wildman–Crippen MR) is 106 cm³/mol. The van der Waals surface area contributed by atoms with E-state index in [0.717, 1.165) is 29.9 Å². The largest absolute Gasteiger partial charge is 0.573 e. The Morgan fingerprint density at radius 3 is 2.58 bits per heavy atom. The maximum absolute atomic E-state index is 14.0. The fraction of sp³-hybridized carbons (Fsp3) is 0.294. The first-order chi connectivity index (χ1) is 15.1. The van der Waals surface area contributed by atoms with Gasteiger partial charge in [-0.1, -0.05) is 11.6 Å². The summed E-state index contributed by atoms with van der Waals surface area (Å²) in [6.07, 6.45) is -4.95. The topological polar surface area (TPSA) is 146 Å². The molecule has 1 aromatic carbocycles. The molecule has 2 heterocycles. The van der Waals surface area contributed by atoms with E-state index in [4.69, 9.17) is 16.7 Å². The lowest BCUT2D eigenvalue weighted by Crippen LogP contribution is -2.35. The number of nitrogens with two attached hydrogens (primary N) is 1. The summed E-state index contributed by atoms with van der Waals surface area (Å²) in [5.41, 5.74) is -2.43. The number of hydrogen-bond acceptors (Lipinski definition) is 8. The molecule has 1 atom stereocenters. The molecule has 0 saturated heterocycles. The lowest BCUT2D eigenvalue weighted by Gasteiger charge is -2.22. The lowest BCUT2D eigenvalue weighted by molar-refractivity contribution is -0.274. The van der Waals surface area contributed by atoms with Gasteiger partial charge in [0.05, 0.1) is 23.0 Å². The van der Waals surface area contributed by atoms with Gasteiger partial charge in [-0.2, -0.15) is 4.80 Å². The van der Waals surface area contributed by atoms with Crippen LogP contribution in [0.25, 0.3) is 11.5 Å². The summed E-state index contributed by atoms with van der Waals surface area (Å²) < 4.78 is 77.8. The maximum atomic E-state index is 14.0. The number of ether oxygens (including phenoxy) is 1. The maximum Gasteiger partial charge on any atom is 0.573 e. The zero-order valence-electron chi connectivity index (χ0n) is 16.6. The summed E-state index contributed by atoms with van der Waals surface area (Å²) in [6, 6.07) is 5.14. The van der Waals surface area contributed by atoms with Gasteiger partial charge in [-0.05, 0) is 42.5 Å². The third-order valence-corrected chi connectivity index (χ3v) is 5.35. The highest BCUT2D eigenvalue weighted by Gasteiger charge is 2.33. The quantitative estimate of drug-likeness (QED) is 0.459. The number of benzene rings is 1. The van der Waals surface area contributed by atoms with Gasteiger partial charge in [0.1, 0.15) is 22.9 Å². The average molecular weight is 511 g/mol. The minimum Gasteiger partial charge on any atom is -0.406 e. The van der Waals surface area contributed by atoms with Crippen LogP contribution in [0, 0.1) is 5.82 Å². The van der Waals surface area contributed by atoms with Crippen LogP contribution in [0.2, 0.25) is 5.02 Å². The van der Waals surface area contributed by atoms with Crippen molar-refractivity contribution in [1.82, 2.24) is 25.2 Å². The van der Waals surface area contributed by atoms with Crippen LogP contribution in [0.4, 0.5) is 17.6 Å². The number of nitrogens with zero attached hydrogens (tertiary/aromatic N) is 5. The van der Waals surface area contributed by atoms with Gasteiger partial charge < -0.3 is 9.84 Å². The Morgan fingerprint density at radius 1 is 1.24 bits per heavy atom. The van der Waals surface area contributed by atoms with Gasteiger partial charge in [-0.15, -0.1) is 23.4 Å². The second-order valence-electron chi connectivity index (χ2n) is 7.05. The minimum absolute atomic E-state index is 0.0324. The summed E-state index contributed by atoms with van der Waals surface area (Å²) >= 11 is 6.03. The number of tetrazole rings is 1. The molecule has 0 unspecified atom stereocenters. The Morgan fingerprint density at radius 2 is 1.94 bits per heavy atom. The molecule has 16 heteroatoms. The third-order valence-electron chi connectivity index (χ3n) is 4.08. The van der Waals surface area contributed by atoms with Crippen molar-refractivity contribution >= 4 is 21.6 Å². The van der Waals surface area contributed by atoms with E-state index in [9.17, 15) is 31.1 Å². The fourth-order valence-corrected chi connectivity index (χ4v) is 4.07. The molecule has 0 aliphatic carbocycles. The van der Waals surface area contributed by atoms with Gasteiger partial charge in [0.15, 0.2) is 0 Å². The number of aromatic nitrogens is 5. The minimum atomic E-state index is -4.95. The van der Waals surface area contributed by atoms with Crippen LogP contribution in [0.15, 0.2) is 30.3 Å². The molecular formula is C17H15ClF4N6O4S. The molecule has 0 amide bonds. The van der Waals surface area contributed by atoms with Crippen molar-refractivity contribution < 1.29 is 35.8 Å². The molecule has 10 nitrogen and oxygen atoms in total. The van der Waals surface area contributed by atoms with Gasteiger partial charge in [0.25, 0.3) is 0 Å². The van der Waals surface area contributed by atoms with Crippen LogP contribution >= 0.6 is 11.6 Å². The number of primary sulfonamides is 1. The van der Waals surface area contributed by atoms with E-state index in [1.807, 2.05) is 0 Å². The average Bonchev–Trinajstić information content (AvgIpc) is 3.10. The van der Waals surface area contributed by atoms with Crippen molar-refractivity contribution in [2.45, 2.75) is 25.4 Å². The molecule has 0 fully saturated rings. The number of sulfonamides is 1. The first-order valence-electron chi connectivity index (χ1n) is 8.85. The van der Waals surface area contributed by atoms with E-state index in [2.05, 4.69) is 25.1 Å². The van der Waals surface area contributed by atoms with Gasteiger partial charge in [-0.25, -0.2) is 22.9 Å². The first kappa shape index (κ1) is 24.8. The number of alkyl halides is 3. The third kappa shape index (κ3) is 6.56. The van der Waals surface area contributed by atoms with Crippen molar-refractivity contribution in [3.63, 3.8) is 0 Å². The fourth-order valence-electron chi connectivity index (χ4n) is 2.84. The Hall–Kier alpha value is -2.88. The highest BCUT2D eigenvalue weighted by molar-refractivity contribution is 7.89. The Labute approximate surface area is 189 Å². The zero-order valence-corrected chi connectivity index (χ0v) is 18.2. The molecule has 2 aromatic heterocycles. The molecule has 0 saturated carbocycles. The van der Waals surface area contributed by atoms with Crippen LogP contribution in [0.5, 0.6) is 5.75 Å².